The fourth-order valence-corrected chi connectivity index (χ4v) is 7.53. The molecule has 6 heteroatoms. The molecule has 0 fully saturated rings. The zero-order chi connectivity index (χ0) is 15.1. The molecular weight excluding hydrogens is 374 g/mol. The molecule has 0 unspecified atom stereocenters. The highest BCUT2D eigenvalue weighted by molar-refractivity contribution is 7.02. The van der Waals surface area contributed by atoms with Crippen molar-refractivity contribution in [1.29, 1.82) is 0 Å². The summed E-state index contributed by atoms with van der Waals surface area (Å²) in [5, 5.41) is 3.51. The Hall–Kier alpha value is 0.107. The Balaban J connectivity index is 2.76. The van der Waals surface area contributed by atoms with Gasteiger partial charge in [-0.15, -0.1) is 0 Å². The summed E-state index contributed by atoms with van der Waals surface area (Å²) in [6.07, 6.45) is 0. The Bertz CT molecular complexity index is 623. The summed E-state index contributed by atoms with van der Waals surface area (Å²) < 4.78 is 0. The van der Waals surface area contributed by atoms with E-state index in [1.165, 1.54) is 5.19 Å². The van der Waals surface area contributed by atoms with E-state index in [1.807, 2.05) is 18.2 Å². The number of benzene rings is 2. The molecule has 0 atom stereocenters. The molecule has 0 saturated heterocycles. The van der Waals surface area contributed by atoms with Gasteiger partial charge in [0.05, 0.1) is 25.1 Å². The quantitative estimate of drug-likeness (QED) is 0.350. The summed E-state index contributed by atoms with van der Waals surface area (Å²) in [4.78, 5) is 0. The van der Waals surface area contributed by atoms with E-state index in [-0.39, 0.29) is 15.1 Å². The molecule has 106 valence electrons. The van der Waals surface area contributed by atoms with E-state index < -0.39 is 8.07 Å². The van der Waals surface area contributed by atoms with Crippen LogP contribution < -0.4 is 10.4 Å². The second-order valence-corrected chi connectivity index (χ2v) is 11.2. The predicted molar refractivity (Wildman–Crippen MR) is 94.7 cm³/mol. The normalized spacial score (nSPS) is 11.8. The Kier molecular flexibility index (Phi) is 5.01. The summed E-state index contributed by atoms with van der Waals surface area (Å²) in [7, 11) is -2.12. The van der Waals surface area contributed by atoms with Crippen LogP contribution in [0.3, 0.4) is 0 Å². The maximum Gasteiger partial charge on any atom is 0.116 e. The maximum absolute atomic E-state index is 6.39. The third-order valence-corrected chi connectivity index (χ3v) is 9.45. The third-order valence-electron chi connectivity index (χ3n) is 3.33. The van der Waals surface area contributed by atoms with Crippen molar-refractivity contribution in [3.8, 4) is 0 Å². The average molecular weight is 385 g/mol. The lowest BCUT2D eigenvalue weighted by molar-refractivity contribution is 1.66. The zero-order valence-electron chi connectivity index (χ0n) is 10.8. The van der Waals surface area contributed by atoms with Crippen LogP contribution in [0.1, 0.15) is 0 Å². The van der Waals surface area contributed by atoms with E-state index in [0.29, 0.717) is 10.0 Å². The molecule has 0 aliphatic carbocycles. The lowest BCUT2D eigenvalue weighted by Crippen LogP contribution is -2.54. The topological polar surface area (TPSA) is 0 Å². The largest absolute Gasteiger partial charge is 0.116 e. The Morgan fingerprint density at radius 3 is 1.50 bits per heavy atom. The molecule has 2 aromatic carbocycles. The van der Waals surface area contributed by atoms with Gasteiger partial charge < -0.3 is 0 Å². The molecule has 0 saturated carbocycles. The standard InChI is InChI=1S/C14H11Cl5Si/c1-20(2,8-6-4-3-5-7-8)14-12(18)10(16)9(15)11(17)13(14)19/h3-7H,1-2H3. The van der Waals surface area contributed by atoms with E-state index in [2.05, 4.69) is 25.2 Å². The molecule has 0 aliphatic rings. The van der Waals surface area contributed by atoms with Crippen molar-refractivity contribution in [3.63, 3.8) is 0 Å². The van der Waals surface area contributed by atoms with E-state index in [9.17, 15) is 0 Å². The number of rotatable bonds is 2. The Morgan fingerprint density at radius 2 is 1.05 bits per heavy atom. The molecule has 0 heterocycles. The minimum Gasteiger partial charge on any atom is -0.0827 e. The smallest absolute Gasteiger partial charge is 0.0827 e. The van der Waals surface area contributed by atoms with Gasteiger partial charge in [-0.1, -0.05) is 107 Å². The summed E-state index contributed by atoms with van der Waals surface area (Å²) in [5.41, 5.74) is 0. The van der Waals surface area contributed by atoms with Gasteiger partial charge in [0.2, 0.25) is 0 Å². The van der Waals surface area contributed by atoms with Gasteiger partial charge in [0.15, 0.2) is 0 Å². The molecule has 20 heavy (non-hydrogen) atoms. The molecule has 0 radical (unpaired) electrons. The summed E-state index contributed by atoms with van der Waals surface area (Å²) in [5.74, 6) is 0. The van der Waals surface area contributed by atoms with E-state index >= 15 is 0 Å². The molecule has 0 aliphatic heterocycles. The predicted octanol–water partition coefficient (Wildman–Crippen LogP) is 5.78. The van der Waals surface area contributed by atoms with Gasteiger partial charge in [-0.05, 0) is 5.19 Å². The fraction of sp³-hybridized carbons (Fsp3) is 0.143. The van der Waals surface area contributed by atoms with Crippen molar-refractivity contribution in [2.24, 2.45) is 0 Å². The molecule has 0 N–H and O–H groups in total. The van der Waals surface area contributed by atoms with Crippen LogP contribution in [0, 0.1) is 0 Å². The number of hydrogen-bond donors (Lipinski definition) is 0. The van der Waals surface area contributed by atoms with E-state index in [0.717, 1.165) is 5.19 Å². The van der Waals surface area contributed by atoms with Crippen molar-refractivity contribution < 1.29 is 0 Å². The molecule has 0 nitrogen and oxygen atoms in total. The second kappa shape index (κ2) is 6.08. The van der Waals surface area contributed by atoms with Crippen LogP contribution in [-0.2, 0) is 0 Å². The van der Waals surface area contributed by atoms with Crippen molar-refractivity contribution in [2.75, 3.05) is 0 Å². The third kappa shape index (κ3) is 2.72. The van der Waals surface area contributed by atoms with Crippen molar-refractivity contribution >= 4 is 76.5 Å². The molecule has 0 bridgehead atoms. The first-order valence-corrected chi connectivity index (χ1v) is 10.7. The Morgan fingerprint density at radius 1 is 0.650 bits per heavy atom. The fourth-order valence-electron chi connectivity index (χ4n) is 2.15. The van der Waals surface area contributed by atoms with E-state index in [4.69, 9.17) is 58.0 Å². The van der Waals surface area contributed by atoms with Crippen LogP contribution >= 0.6 is 58.0 Å². The average Bonchev–Trinajstić information content (AvgIpc) is 2.44. The first kappa shape index (κ1) is 16.5. The highest BCUT2D eigenvalue weighted by Crippen LogP contribution is 2.40. The molecule has 2 rings (SSSR count). The van der Waals surface area contributed by atoms with Crippen LogP contribution in [0.15, 0.2) is 30.3 Å². The van der Waals surface area contributed by atoms with Crippen LogP contribution in [0.4, 0.5) is 0 Å². The van der Waals surface area contributed by atoms with Gasteiger partial charge >= 0.3 is 0 Å². The van der Waals surface area contributed by atoms with Crippen molar-refractivity contribution in [3.05, 3.63) is 55.4 Å². The lowest BCUT2D eigenvalue weighted by atomic mass is 10.3. The first-order valence-electron chi connectivity index (χ1n) is 5.86. The van der Waals surface area contributed by atoms with Gasteiger partial charge in [-0.2, -0.15) is 0 Å². The minimum absolute atomic E-state index is 0.199. The molecular formula is C14H11Cl5Si. The summed E-state index contributed by atoms with van der Waals surface area (Å²) in [6, 6.07) is 10.1. The summed E-state index contributed by atoms with van der Waals surface area (Å²) in [6.45, 7) is 4.30. The van der Waals surface area contributed by atoms with Gasteiger partial charge in [0, 0.05) is 0 Å². The Labute approximate surface area is 144 Å². The lowest BCUT2D eigenvalue weighted by Gasteiger charge is -2.27. The van der Waals surface area contributed by atoms with Crippen molar-refractivity contribution in [2.45, 2.75) is 13.1 Å². The molecule has 2 aromatic rings. The monoisotopic (exact) mass is 382 g/mol. The second-order valence-electron chi connectivity index (χ2n) is 4.94. The van der Waals surface area contributed by atoms with E-state index in [1.54, 1.807) is 0 Å². The molecule has 0 spiro atoms. The van der Waals surface area contributed by atoms with Crippen LogP contribution in [-0.4, -0.2) is 8.07 Å². The number of hydrogen-bond acceptors (Lipinski definition) is 0. The summed E-state index contributed by atoms with van der Waals surface area (Å²) >= 11 is 31.1. The SMILES string of the molecule is C[Si](C)(c1ccccc1)c1c(Cl)c(Cl)c(Cl)c(Cl)c1Cl. The van der Waals surface area contributed by atoms with Crippen LogP contribution in [0.5, 0.6) is 0 Å². The highest BCUT2D eigenvalue weighted by Gasteiger charge is 2.34. The highest BCUT2D eigenvalue weighted by atomic mass is 35.5. The first-order chi connectivity index (χ1) is 9.28. The van der Waals surface area contributed by atoms with Gasteiger partial charge in [-0.25, -0.2) is 0 Å². The number of halogens is 5. The zero-order valence-corrected chi connectivity index (χ0v) is 15.6. The maximum atomic E-state index is 6.39. The van der Waals surface area contributed by atoms with Crippen molar-refractivity contribution in [1.82, 2.24) is 0 Å². The molecule has 0 amide bonds. The van der Waals surface area contributed by atoms with Gasteiger partial charge in [0.1, 0.15) is 8.07 Å². The van der Waals surface area contributed by atoms with Crippen LogP contribution in [0.25, 0.3) is 0 Å². The van der Waals surface area contributed by atoms with Crippen LogP contribution in [0.2, 0.25) is 38.2 Å². The van der Waals surface area contributed by atoms with Gasteiger partial charge in [-0.3, -0.25) is 0 Å². The minimum atomic E-state index is -2.12. The molecule has 0 aromatic heterocycles. The van der Waals surface area contributed by atoms with Gasteiger partial charge in [0.25, 0.3) is 0 Å².